The lowest BCUT2D eigenvalue weighted by Gasteiger charge is -2.18. The molecule has 4 rings (SSSR count). The molecule has 1 atom stereocenters. The number of rotatable bonds is 9. The van der Waals surface area contributed by atoms with Gasteiger partial charge in [0.1, 0.15) is 23.0 Å². The molecule has 0 spiro atoms. The first-order chi connectivity index (χ1) is 16.7. The first-order valence-electron chi connectivity index (χ1n) is 10.6. The Bertz CT molecular complexity index is 1410. The van der Waals surface area contributed by atoms with Crippen LogP contribution in [0.4, 0.5) is 5.95 Å². The van der Waals surface area contributed by atoms with E-state index in [4.69, 9.17) is 9.47 Å². The smallest absolute Gasteiger partial charge is 0.243 e. The Hall–Kier alpha value is -3.58. The standard InChI is InChI=1S/C22H25N7O4S2/c1-13-10-23-18(24-11-13)9-15(3)35(30,31)28-22-27-26-20(21-25-14(2)12-34-21)29(22)19-16(32-4)7-6-8-17(19)33-5/h6-8,10-12,15H,9H2,1-5H3,(H,27,28). The fraction of sp³-hybridized carbons (Fsp3) is 0.318. The van der Waals surface area contributed by atoms with Crippen molar-refractivity contribution in [3.05, 3.63) is 53.1 Å². The lowest BCUT2D eigenvalue weighted by atomic mass is 10.2. The van der Waals surface area contributed by atoms with Crippen molar-refractivity contribution in [2.75, 3.05) is 18.9 Å². The number of methoxy groups -OCH3 is 2. The van der Waals surface area contributed by atoms with Crippen molar-refractivity contribution in [2.24, 2.45) is 0 Å². The van der Waals surface area contributed by atoms with Crippen LogP contribution in [0.5, 0.6) is 11.5 Å². The molecule has 0 fully saturated rings. The van der Waals surface area contributed by atoms with Gasteiger partial charge >= 0.3 is 0 Å². The third-order valence-electron chi connectivity index (χ3n) is 5.17. The molecule has 3 heterocycles. The Morgan fingerprint density at radius 1 is 1.09 bits per heavy atom. The van der Waals surface area contributed by atoms with Crippen LogP contribution in [0.25, 0.3) is 16.5 Å². The van der Waals surface area contributed by atoms with Gasteiger partial charge in [-0.2, -0.15) is 0 Å². The van der Waals surface area contributed by atoms with Gasteiger partial charge in [-0.1, -0.05) is 6.07 Å². The van der Waals surface area contributed by atoms with Crippen LogP contribution in [0.15, 0.2) is 36.0 Å². The first-order valence-corrected chi connectivity index (χ1v) is 13.0. The number of thiazole rings is 1. The second-order valence-corrected chi connectivity index (χ2v) is 10.8. The molecule has 1 N–H and O–H groups in total. The van der Waals surface area contributed by atoms with Gasteiger partial charge in [-0.05, 0) is 38.5 Å². The highest BCUT2D eigenvalue weighted by molar-refractivity contribution is 7.93. The molecular weight excluding hydrogens is 490 g/mol. The van der Waals surface area contributed by atoms with Gasteiger partial charge in [0.15, 0.2) is 10.8 Å². The fourth-order valence-corrected chi connectivity index (χ4v) is 5.05. The van der Waals surface area contributed by atoms with Crippen LogP contribution in [0.1, 0.15) is 24.0 Å². The highest BCUT2D eigenvalue weighted by Crippen LogP contribution is 2.38. The second-order valence-electron chi connectivity index (χ2n) is 7.83. The van der Waals surface area contributed by atoms with Crippen LogP contribution in [-0.2, 0) is 16.4 Å². The summed E-state index contributed by atoms with van der Waals surface area (Å²) in [7, 11) is -0.873. The topological polar surface area (TPSA) is 134 Å². The Kier molecular flexibility index (Phi) is 6.98. The zero-order valence-corrected chi connectivity index (χ0v) is 21.5. The third-order valence-corrected chi connectivity index (χ3v) is 7.82. The zero-order valence-electron chi connectivity index (χ0n) is 19.9. The number of nitrogens with zero attached hydrogens (tertiary/aromatic N) is 6. The van der Waals surface area contributed by atoms with Crippen molar-refractivity contribution in [1.29, 1.82) is 0 Å². The summed E-state index contributed by atoms with van der Waals surface area (Å²) in [6, 6.07) is 5.25. The van der Waals surface area contributed by atoms with Gasteiger partial charge in [0, 0.05) is 29.9 Å². The molecule has 0 aliphatic heterocycles. The van der Waals surface area contributed by atoms with Gasteiger partial charge in [0.05, 0.1) is 19.5 Å². The van der Waals surface area contributed by atoms with Crippen molar-refractivity contribution in [2.45, 2.75) is 32.4 Å². The molecule has 184 valence electrons. The molecule has 0 amide bonds. The first kappa shape index (κ1) is 24.5. The zero-order chi connectivity index (χ0) is 25.2. The van der Waals surface area contributed by atoms with E-state index in [0.717, 1.165) is 11.3 Å². The number of anilines is 1. The van der Waals surface area contributed by atoms with Crippen molar-refractivity contribution in [3.63, 3.8) is 0 Å². The molecule has 0 saturated heterocycles. The normalized spacial score (nSPS) is 12.4. The van der Waals surface area contributed by atoms with Gasteiger partial charge in [-0.3, -0.25) is 9.29 Å². The highest BCUT2D eigenvalue weighted by atomic mass is 32.2. The fourth-order valence-electron chi connectivity index (χ4n) is 3.33. The largest absolute Gasteiger partial charge is 0.494 e. The van der Waals surface area contributed by atoms with E-state index < -0.39 is 15.3 Å². The van der Waals surface area contributed by atoms with Crippen LogP contribution in [0.2, 0.25) is 0 Å². The van der Waals surface area contributed by atoms with Gasteiger partial charge in [-0.25, -0.2) is 23.4 Å². The summed E-state index contributed by atoms with van der Waals surface area (Å²) in [6.45, 7) is 5.32. The van der Waals surface area contributed by atoms with E-state index in [9.17, 15) is 8.42 Å². The molecule has 0 saturated carbocycles. The average molecular weight is 516 g/mol. The number of hydrogen-bond acceptors (Lipinski definition) is 10. The number of sulfonamides is 1. The van der Waals surface area contributed by atoms with Crippen LogP contribution < -0.4 is 14.2 Å². The van der Waals surface area contributed by atoms with E-state index >= 15 is 0 Å². The van der Waals surface area contributed by atoms with Crippen LogP contribution in [0.3, 0.4) is 0 Å². The summed E-state index contributed by atoms with van der Waals surface area (Å²) in [4.78, 5) is 12.9. The molecule has 0 radical (unpaired) electrons. The number of benzene rings is 1. The third kappa shape index (κ3) is 5.10. The lowest BCUT2D eigenvalue weighted by molar-refractivity contribution is 0.391. The van der Waals surface area contributed by atoms with E-state index in [1.54, 1.807) is 42.1 Å². The molecular formula is C22H25N7O4S2. The van der Waals surface area contributed by atoms with Gasteiger partial charge in [0.2, 0.25) is 16.0 Å². The maximum Gasteiger partial charge on any atom is 0.243 e. The molecule has 1 unspecified atom stereocenters. The van der Waals surface area contributed by atoms with E-state index in [2.05, 4.69) is 29.9 Å². The van der Waals surface area contributed by atoms with E-state index in [0.29, 0.717) is 33.8 Å². The molecule has 1 aromatic carbocycles. The Balaban J connectivity index is 1.79. The summed E-state index contributed by atoms with van der Waals surface area (Å²) < 4.78 is 41.8. The van der Waals surface area contributed by atoms with Gasteiger partial charge < -0.3 is 9.47 Å². The quantitative estimate of drug-likeness (QED) is 0.357. The number of aromatic nitrogens is 6. The summed E-state index contributed by atoms with van der Waals surface area (Å²) in [5, 5.41) is 10.0. The van der Waals surface area contributed by atoms with Crippen molar-refractivity contribution in [1.82, 2.24) is 29.7 Å². The van der Waals surface area contributed by atoms with Crippen molar-refractivity contribution < 1.29 is 17.9 Å². The minimum absolute atomic E-state index is 0.0210. The van der Waals surface area contributed by atoms with E-state index in [1.807, 2.05) is 19.2 Å². The molecule has 0 aliphatic carbocycles. The molecule has 35 heavy (non-hydrogen) atoms. The Labute approximate surface area is 207 Å². The SMILES string of the molecule is COc1cccc(OC)c1-n1c(NS(=O)(=O)C(C)Cc2ncc(C)cn2)nnc1-c1nc(C)cs1. The number of aryl methyl sites for hydroxylation is 2. The van der Waals surface area contributed by atoms with Gasteiger partial charge in [-0.15, -0.1) is 21.5 Å². The summed E-state index contributed by atoms with van der Waals surface area (Å²) in [5.74, 6) is 1.64. The number of para-hydroxylation sites is 1. The van der Waals surface area contributed by atoms with Gasteiger partial charge in [0.25, 0.3) is 0 Å². The van der Waals surface area contributed by atoms with Crippen LogP contribution in [0, 0.1) is 13.8 Å². The maximum absolute atomic E-state index is 13.3. The number of ether oxygens (including phenoxy) is 2. The molecule has 4 aromatic rings. The molecule has 0 bridgehead atoms. The predicted octanol–water partition coefficient (Wildman–Crippen LogP) is 3.19. The predicted molar refractivity (Wildman–Crippen MR) is 133 cm³/mol. The minimum atomic E-state index is -3.91. The van der Waals surface area contributed by atoms with Crippen LogP contribution >= 0.6 is 11.3 Å². The molecule has 3 aromatic heterocycles. The highest BCUT2D eigenvalue weighted by Gasteiger charge is 2.29. The number of hydrogen-bond donors (Lipinski definition) is 1. The van der Waals surface area contributed by atoms with E-state index in [-0.39, 0.29) is 12.4 Å². The molecule has 13 heteroatoms. The summed E-state index contributed by atoms with van der Waals surface area (Å²) >= 11 is 1.37. The minimum Gasteiger partial charge on any atom is -0.494 e. The second kappa shape index (κ2) is 9.96. The average Bonchev–Trinajstić information content (AvgIpc) is 3.45. The Morgan fingerprint density at radius 2 is 1.74 bits per heavy atom. The number of nitrogens with one attached hydrogen (secondary N) is 1. The van der Waals surface area contributed by atoms with Crippen molar-refractivity contribution >= 4 is 27.3 Å². The lowest BCUT2D eigenvalue weighted by Crippen LogP contribution is -2.29. The molecule has 0 aliphatic rings. The van der Waals surface area contributed by atoms with E-state index in [1.165, 1.54) is 25.6 Å². The summed E-state index contributed by atoms with van der Waals surface area (Å²) in [5.41, 5.74) is 2.14. The summed E-state index contributed by atoms with van der Waals surface area (Å²) in [6.07, 6.45) is 3.43. The van der Waals surface area contributed by atoms with Crippen LogP contribution in [-0.4, -0.2) is 57.6 Å². The molecule has 11 nitrogen and oxygen atoms in total. The maximum atomic E-state index is 13.3. The monoisotopic (exact) mass is 515 g/mol. The van der Waals surface area contributed by atoms with Crippen molar-refractivity contribution in [3.8, 4) is 28.0 Å². The Morgan fingerprint density at radius 3 is 2.31 bits per heavy atom.